The molecule has 0 radical (unpaired) electrons. The fourth-order valence-electron chi connectivity index (χ4n) is 3.91. The van der Waals surface area contributed by atoms with Crippen molar-refractivity contribution in [2.24, 2.45) is 23.9 Å². The normalized spacial score (nSPS) is 14.1. The summed E-state index contributed by atoms with van der Waals surface area (Å²) in [7, 11) is 3.20. The summed E-state index contributed by atoms with van der Waals surface area (Å²) in [5.41, 5.74) is -0.114. The van der Waals surface area contributed by atoms with Crippen LogP contribution in [0.2, 0.25) is 0 Å². The predicted molar refractivity (Wildman–Crippen MR) is 133 cm³/mol. The quantitative estimate of drug-likeness (QED) is 0.258. The third-order valence-corrected chi connectivity index (χ3v) is 6.32. The molecule has 0 aromatic carbocycles. The molecule has 0 bridgehead atoms. The number of nitrogens with zero attached hydrogens (tertiary/aromatic N) is 3. The van der Waals surface area contributed by atoms with E-state index in [9.17, 15) is 19.5 Å². The van der Waals surface area contributed by atoms with E-state index in [0.717, 1.165) is 24.4 Å². The summed E-state index contributed by atoms with van der Waals surface area (Å²) < 4.78 is 11.8. The second kappa shape index (κ2) is 13.0. The molecule has 2 heterocycles. The van der Waals surface area contributed by atoms with Gasteiger partial charge in [0.2, 0.25) is 0 Å². The third kappa shape index (κ3) is 7.63. The molecule has 35 heavy (non-hydrogen) atoms. The number of carbonyl (C=O) groups is 2. The molecule has 0 aliphatic carbocycles. The molecule has 0 saturated carbocycles. The number of Topliss-reactive ketones (excluding diaryl/α,β-unsaturated/α-hetero) is 1. The van der Waals surface area contributed by atoms with E-state index in [2.05, 4.69) is 21.6 Å². The summed E-state index contributed by atoms with van der Waals surface area (Å²) in [5, 5.41) is 10.5. The van der Waals surface area contributed by atoms with Crippen molar-refractivity contribution in [3.63, 3.8) is 0 Å². The standard InChI is InChI=1S/C26H37N3O6/c1-7-10-19-15-29(5)22(28-19)13-17(3)18(4)24(31)23-20(30)14-21(35-25(23)32)16(2)11-8-9-12-27-26(33)34-6/h12,14-18,30H,7-11,13H2,1-6H3. The lowest BCUT2D eigenvalue weighted by atomic mass is 9.86. The molecule has 9 heteroatoms. The molecule has 0 aliphatic rings. The molecule has 1 amide bonds. The summed E-state index contributed by atoms with van der Waals surface area (Å²) in [6, 6.07) is 1.36. The van der Waals surface area contributed by atoms with Gasteiger partial charge in [0.1, 0.15) is 22.9 Å². The Labute approximate surface area is 206 Å². The first kappa shape index (κ1) is 28.0. The van der Waals surface area contributed by atoms with Gasteiger partial charge in [0.05, 0.1) is 12.8 Å². The van der Waals surface area contributed by atoms with E-state index < -0.39 is 23.4 Å². The zero-order valence-electron chi connectivity index (χ0n) is 21.5. The molecule has 2 rings (SSSR count). The van der Waals surface area contributed by atoms with Crippen LogP contribution < -0.4 is 5.63 Å². The number of amides is 1. The fourth-order valence-corrected chi connectivity index (χ4v) is 3.91. The van der Waals surface area contributed by atoms with Gasteiger partial charge < -0.3 is 18.8 Å². The molecule has 9 nitrogen and oxygen atoms in total. The van der Waals surface area contributed by atoms with Crippen LogP contribution in [0.15, 0.2) is 26.5 Å². The minimum absolute atomic E-state index is 0.0952. The number of ketones is 1. The first-order valence-corrected chi connectivity index (χ1v) is 12.1. The lowest BCUT2D eigenvalue weighted by Crippen LogP contribution is -2.26. The van der Waals surface area contributed by atoms with Gasteiger partial charge in [-0.05, 0) is 31.6 Å². The van der Waals surface area contributed by atoms with Crippen molar-refractivity contribution < 1.29 is 23.8 Å². The van der Waals surface area contributed by atoms with Gasteiger partial charge in [-0.1, -0.05) is 34.1 Å². The van der Waals surface area contributed by atoms with Crippen molar-refractivity contribution in [1.29, 1.82) is 0 Å². The SMILES string of the molecule is CCCc1cn(C)c(CC(C)C(C)C(=O)c2c(O)cc(C(C)CCCC=NC(=O)OC)oc2=O)n1. The molecular weight excluding hydrogens is 450 g/mol. The lowest BCUT2D eigenvalue weighted by Gasteiger charge is -2.19. The summed E-state index contributed by atoms with van der Waals surface area (Å²) in [4.78, 5) is 45.0. The highest BCUT2D eigenvalue weighted by molar-refractivity contribution is 5.99. The van der Waals surface area contributed by atoms with E-state index in [4.69, 9.17) is 4.42 Å². The van der Waals surface area contributed by atoms with Gasteiger partial charge in [-0.3, -0.25) is 4.79 Å². The van der Waals surface area contributed by atoms with Crippen LogP contribution in [0.4, 0.5) is 4.79 Å². The van der Waals surface area contributed by atoms with Crippen LogP contribution in [-0.4, -0.2) is 39.9 Å². The van der Waals surface area contributed by atoms with Gasteiger partial charge in [0, 0.05) is 43.8 Å². The number of hydrogen-bond acceptors (Lipinski definition) is 7. The van der Waals surface area contributed by atoms with E-state index in [-0.39, 0.29) is 23.1 Å². The Morgan fingerprint density at radius 1 is 1.31 bits per heavy atom. The summed E-state index contributed by atoms with van der Waals surface area (Å²) >= 11 is 0. The lowest BCUT2D eigenvalue weighted by molar-refractivity contribution is 0.0884. The number of aryl methyl sites for hydroxylation is 2. The molecule has 3 unspecified atom stereocenters. The van der Waals surface area contributed by atoms with Gasteiger partial charge in [-0.25, -0.2) is 14.6 Å². The van der Waals surface area contributed by atoms with Crippen LogP contribution >= 0.6 is 0 Å². The highest BCUT2D eigenvalue weighted by atomic mass is 16.5. The topological polar surface area (TPSA) is 124 Å². The molecule has 2 aromatic rings. The minimum Gasteiger partial charge on any atom is -0.507 e. The second-order valence-corrected chi connectivity index (χ2v) is 9.15. The monoisotopic (exact) mass is 487 g/mol. The summed E-state index contributed by atoms with van der Waals surface area (Å²) in [6.45, 7) is 7.66. The van der Waals surface area contributed by atoms with Gasteiger partial charge >= 0.3 is 11.7 Å². The summed E-state index contributed by atoms with van der Waals surface area (Å²) in [6.07, 6.45) is 7.20. The molecule has 192 valence electrons. The van der Waals surface area contributed by atoms with Gasteiger partial charge in [0.25, 0.3) is 0 Å². The maximum absolute atomic E-state index is 13.1. The minimum atomic E-state index is -0.828. The molecular formula is C26H37N3O6. The molecule has 3 atom stereocenters. The smallest absolute Gasteiger partial charge is 0.432 e. The Morgan fingerprint density at radius 3 is 2.66 bits per heavy atom. The maximum Gasteiger partial charge on any atom is 0.432 e. The Balaban J connectivity index is 2.06. The Bertz CT molecular complexity index is 1100. The number of hydrogen-bond donors (Lipinski definition) is 1. The largest absolute Gasteiger partial charge is 0.507 e. The second-order valence-electron chi connectivity index (χ2n) is 9.15. The van der Waals surface area contributed by atoms with Crippen molar-refractivity contribution in [2.75, 3.05) is 7.11 Å². The number of aromatic hydroxyl groups is 1. The first-order chi connectivity index (χ1) is 16.6. The average molecular weight is 488 g/mol. The fraction of sp³-hybridized carbons (Fsp3) is 0.577. The molecule has 1 N–H and O–H groups in total. The number of methoxy groups -OCH3 is 1. The Hall–Kier alpha value is -3.23. The zero-order valence-corrected chi connectivity index (χ0v) is 21.5. The maximum atomic E-state index is 13.1. The Morgan fingerprint density at radius 2 is 2.03 bits per heavy atom. The summed E-state index contributed by atoms with van der Waals surface area (Å²) in [5.74, 6) is -0.369. The number of carbonyl (C=O) groups excluding carboxylic acids is 2. The van der Waals surface area contributed by atoms with E-state index in [0.29, 0.717) is 31.4 Å². The number of ether oxygens (including phenoxy) is 1. The van der Waals surface area contributed by atoms with Crippen LogP contribution in [0.25, 0.3) is 0 Å². The zero-order chi connectivity index (χ0) is 26.1. The number of aliphatic imine (C=N–C) groups is 1. The van der Waals surface area contributed by atoms with Crippen LogP contribution in [0, 0.1) is 11.8 Å². The number of unbranched alkanes of at least 4 members (excludes halogenated alkanes) is 1. The van der Waals surface area contributed by atoms with Crippen molar-refractivity contribution >= 4 is 18.1 Å². The van der Waals surface area contributed by atoms with Crippen LogP contribution in [0.3, 0.4) is 0 Å². The number of rotatable bonds is 12. The van der Waals surface area contributed by atoms with Crippen molar-refractivity contribution in [3.05, 3.63) is 45.5 Å². The molecule has 2 aromatic heterocycles. The predicted octanol–water partition coefficient (Wildman–Crippen LogP) is 4.84. The highest BCUT2D eigenvalue weighted by Crippen LogP contribution is 2.28. The molecule has 0 spiro atoms. The molecule has 0 aliphatic heterocycles. The van der Waals surface area contributed by atoms with E-state index in [1.165, 1.54) is 19.4 Å². The van der Waals surface area contributed by atoms with Crippen LogP contribution in [0.5, 0.6) is 5.75 Å². The van der Waals surface area contributed by atoms with E-state index >= 15 is 0 Å². The van der Waals surface area contributed by atoms with Gasteiger partial charge in [-0.15, -0.1) is 0 Å². The number of aromatic nitrogens is 2. The molecule has 0 fully saturated rings. The van der Waals surface area contributed by atoms with Gasteiger partial charge in [-0.2, -0.15) is 4.99 Å². The van der Waals surface area contributed by atoms with Crippen LogP contribution in [-0.2, 0) is 24.6 Å². The van der Waals surface area contributed by atoms with Crippen molar-refractivity contribution in [2.45, 2.75) is 72.1 Å². The highest BCUT2D eigenvalue weighted by Gasteiger charge is 2.29. The van der Waals surface area contributed by atoms with Crippen molar-refractivity contribution in [1.82, 2.24) is 9.55 Å². The van der Waals surface area contributed by atoms with Crippen LogP contribution in [0.1, 0.15) is 86.9 Å². The molecule has 0 saturated heterocycles. The first-order valence-electron chi connectivity index (χ1n) is 12.1. The van der Waals surface area contributed by atoms with E-state index in [1.54, 1.807) is 6.92 Å². The number of imidazole rings is 1. The average Bonchev–Trinajstić information content (AvgIpc) is 3.15. The van der Waals surface area contributed by atoms with E-state index in [1.807, 2.05) is 31.7 Å². The van der Waals surface area contributed by atoms with Gasteiger partial charge in [0.15, 0.2) is 5.78 Å². The Kier molecular flexibility index (Phi) is 10.4. The van der Waals surface area contributed by atoms with Crippen molar-refractivity contribution in [3.8, 4) is 5.75 Å². The third-order valence-electron chi connectivity index (χ3n) is 6.32.